The van der Waals surface area contributed by atoms with E-state index < -0.39 is 0 Å². The van der Waals surface area contributed by atoms with E-state index >= 15 is 0 Å². The standard InChI is InChI=1S/C15H11ClN4/c1-10(13-4-2-11(8-17)3-5-13)19-15-7-12(9-18)6-14(16)20-15/h2-7,10H,1H3,(H,19,20). The van der Waals surface area contributed by atoms with Crippen LogP contribution in [0.25, 0.3) is 0 Å². The maximum absolute atomic E-state index is 8.90. The second kappa shape index (κ2) is 6.06. The fourth-order valence-corrected chi connectivity index (χ4v) is 2.00. The Labute approximate surface area is 122 Å². The van der Waals surface area contributed by atoms with Crippen LogP contribution in [0.2, 0.25) is 5.15 Å². The number of rotatable bonds is 3. The van der Waals surface area contributed by atoms with E-state index in [-0.39, 0.29) is 11.2 Å². The number of hydrogen-bond donors (Lipinski definition) is 1. The Hall–Kier alpha value is -2.56. The molecular weight excluding hydrogens is 272 g/mol. The first-order chi connectivity index (χ1) is 9.62. The summed E-state index contributed by atoms with van der Waals surface area (Å²) in [7, 11) is 0. The summed E-state index contributed by atoms with van der Waals surface area (Å²) in [6.45, 7) is 1.97. The molecule has 20 heavy (non-hydrogen) atoms. The molecular formula is C15H11ClN4. The summed E-state index contributed by atoms with van der Waals surface area (Å²) in [5, 5.41) is 21.1. The van der Waals surface area contributed by atoms with Crippen LogP contribution in [0.15, 0.2) is 36.4 Å². The largest absolute Gasteiger partial charge is 0.363 e. The molecule has 0 spiro atoms. The van der Waals surface area contributed by atoms with E-state index in [2.05, 4.69) is 16.4 Å². The van der Waals surface area contributed by atoms with Crippen molar-refractivity contribution in [3.63, 3.8) is 0 Å². The normalized spacial score (nSPS) is 11.2. The zero-order chi connectivity index (χ0) is 14.5. The van der Waals surface area contributed by atoms with Gasteiger partial charge in [-0.05, 0) is 36.8 Å². The van der Waals surface area contributed by atoms with Gasteiger partial charge in [-0.15, -0.1) is 0 Å². The molecule has 4 nitrogen and oxygen atoms in total. The van der Waals surface area contributed by atoms with Crippen LogP contribution in [0.5, 0.6) is 0 Å². The number of anilines is 1. The van der Waals surface area contributed by atoms with Crippen molar-refractivity contribution in [1.82, 2.24) is 4.98 Å². The lowest BCUT2D eigenvalue weighted by Crippen LogP contribution is -2.08. The van der Waals surface area contributed by atoms with E-state index in [4.69, 9.17) is 22.1 Å². The third-order valence-corrected chi connectivity index (χ3v) is 3.02. The quantitative estimate of drug-likeness (QED) is 0.872. The molecule has 0 saturated carbocycles. The lowest BCUT2D eigenvalue weighted by atomic mass is 10.1. The molecule has 5 heteroatoms. The van der Waals surface area contributed by atoms with Crippen LogP contribution in [-0.4, -0.2) is 4.98 Å². The summed E-state index contributed by atoms with van der Waals surface area (Å²) >= 11 is 5.86. The zero-order valence-electron chi connectivity index (χ0n) is 10.8. The Balaban J connectivity index is 2.19. The molecule has 1 unspecified atom stereocenters. The number of hydrogen-bond acceptors (Lipinski definition) is 4. The Morgan fingerprint density at radius 1 is 1.10 bits per heavy atom. The van der Waals surface area contributed by atoms with Crippen LogP contribution in [0.1, 0.15) is 29.7 Å². The van der Waals surface area contributed by atoms with Gasteiger partial charge in [-0.1, -0.05) is 23.7 Å². The molecule has 2 aromatic rings. The van der Waals surface area contributed by atoms with E-state index in [1.54, 1.807) is 18.2 Å². The van der Waals surface area contributed by atoms with Crippen LogP contribution in [0.3, 0.4) is 0 Å². The Bertz CT molecular complexity index is 695. The number of aromatic nitrogens is 1. The first-order valence-corrected chi connectivity index (χ1v) is 6.34. The first kappa shape index (κ1) is 13.9. The van der Waals surface area contributed by atoms with Gasteiger partial charge < -0.3 is 5.32 Å². The van der Waals surface area contributed by atoms with Crippen molar-refractivity contribution < 1.29 is 0 Å². The van der Waals surface area contributed by atoms with E-state index in [0.717, 1.165) is 5.56 Å². The molecule has 98 valence electrons. The minimum absolute atomic E-state index is 0.0137. The molecule has 0 bridgehead atoms. The highest BCUT2D eigenvalue weighted by atomic mass is 35.5. The third-order valence-electron chi connectivity index (χ3n) is 2.83. The van der Waals surface area contributed by atoms with Crippen molar-refractivity contribution in [3.8, 4) is 12.1 Å². The van der Waals surface area contributed by atoms with Gasteiger partial charge in [0.25, 0.3) is 0 Å². The average Bonchev–Trinajstić information content (AvgIpc) is 2.46. The topological polar surface area (TPSA) is 72.5 Å². The highest BCUT2D eigenvalue weighted by molar-refractivity contribution is 6.29. The summed E-state index contributed by atoms with van der Waals surface area (Å²) in [4.78, 5) is 4.13. The summed E-state index contributed by atoms with van der Waals surface area (Å²) in [5.41, 5.74) is 2.09. The maximum atomic E-state index is 8.90. The summed E-state index contributed by atoms with van der Waals surface area (Å²) < 4.78 is 0. The van der Waals surface area contributed by atoms with Crippen molar-refractivity contribution in [1.29, 1.82) is 10.5 Å². The van der Waals surface area contributed by atoms with Gasteiger partial charge in [0, 0.05) is 6.04 Å². The van der Waals surface area contributed by atoms with Gasteiger partial charge in [-0.25, -0.2) is 4.98 Å². The summed E-state index contributed by atoms with van der Waals surface area (Å²) in [6, 6.07) is 14.5. The van der Waals surface area contributed by atoms with Crippen LogP contribution >= 0.6 is 11.6 Å². The molecule has 1 N–H and O–H groups in total. The van der Waals surface area contributed by atoms with E-state index in [0.29, 0.717) is 16.9 Å². The van der Waals surface area contributed by atoms with Gasteiger partial charge in [0.2, 0.25) is 0 Å². The van der Waals surface area contributed by atoms with E-state index in [1.807, 2.05) is 25.1 Å². The molecule has 1 heterocycles. The number of benzene rings is 1. The fraction of sp³-hybridized carbons (Fsp3) is 0.133. The van der Waals surface area contributed by atoms with Crippen LogP contribution in [0, 0.1) is 22.7 Å². The van der Waals surface area contributed by atoms with Crippen molar-refractivity contribution in [2.45, 2.75) is 13.0 Å². The monoisotopic (exact) mass is 282 g/mol. The van der Waals surface area contributed by atoms with Gasteiger partial charge >= 0.3 is 0 Å². The van der Waals surface area contributed by atoms with Crippen molar-refractivity contribution >= 4 is 17.4 Å². The van der Waals surface area contributed by atoms with Crippen molar-refractivity contribution in [3.05, 3.63) is 58.2 Å². The van der Waals surface area contributed by atoms with Crippen LogP contribution in [0.4, 0.5) is 5.82 Å². The number of nitriles is 2. The molecule has 0 aliphatic heterocycles. The zero-order valence-corrected chi connectivity index (χ0v) is 11.5. The third kappa shape index (κ3) is 3.26. The van der Waals surface area contributed by atoms with Crippen LogP contribution < -0.4 is 5.32 Å². The second-order valence-corrected chi connectivity index (χ2v) is 4.66. The Morgan fingerprint density at radius 2 is 1.75 bits per heavy atom. The van der Waals surface area contributed by atoms with Gasteiger partial charge in [0.1, 0.15) is 11.0 Å². The Morgan fingerprint density at radius 3 is 2.35 bits per heavy atom. The highest BCUT2D eigenvalue weighted by Gasteiger charge is 2.08. The average molecular weight is 283 g/mol. The molecule has 1 aromatic heterocycles. The molecule has 0 aliphatic carbocycles. The van der Waals surface area contributed by atoms with Gasteiger partial charge in [0.15, 0.2) is 0 Å². The smallest absolute Gasteiger partial charge is 0.132 e. The molecule has 1 aromatic carbocycles. The van der Waals surface area contributed by atoms with E-state index in [9.17, 15) is 0 Å². The molecule has 0 radical (unpaired) electrons. The molecule has 0 aliphatic rings. The SMILES string of the molecule is CC(Nc1cc(C#N)cc(Cl)n1)c1ccc(C#N)cc1. The maximum Gasteiger partial charge on any atom is 0.132 e. The molecule has 0 amide bonds. The minimum Gasteiger partial charge on any atom is -0.363 e. The Kier molecular flexibility index (Phi) is 4.20. The fourth-order valence-electron chi connectivity index (χ4n) is 1.79. The van der Waals surface area contributed by atoms with Crippen LogP contribution in [-0.2, 0) is 0 Å². The van der Waals surface area contributed by atoms with Crippen molar-refractivity contribution in [2.24, 2.45) is 0 Å². The number of nitrogens with zero attached hydrogens (tertiary/aromatic N) is 3. The molecule has 0 fully saturated rings. The predicted octanol–water partition coefficient (Wildman–Crippen LogP) is 3.65. The second-order valence-electron chi connectivity index (χ2n) is 4.28. The molecule has 1 atom stereocenters. The van der Waals surface area contributed by atoms with Gasteiger partial charge in [0.05, 0.1) is 23.3 Å². The van der Waals surface area contributed by atoms with Gasteiger partial charge in [-0.2, -0.15) is 10.5 Å². The lowest BCUT2D eigenvalue weighted by molar-refractivity contribution is 0.874. The summed E-state index contributed by atoms with van der Waals surface area (Å²) in [5.74, 6) is 0.547. The summed E-state index contributed by atoms with van der Waals surface area (Å²) in [6.07, 6.45) is 0. The van der Waals surface area contributed by atoms with E-state index in [1.165, 1.54) is 6.07 Å². The minimum atomic E-state index is -0.0137. The number of nitrogens with one attached hydrogen (secondary N) is 1. The highest BCUT2D eigenvalue weighted by Crippen LogP contribution is 2.20. The first-order valence-electron chi connectivity index (χ1n) is 5.96. The number of pyridine rings is 1. The lowest BCUT2D eigenvalue weighted by Gasteiger charge is -2.15. The number of halogens is 1. The molecule has 0 saturated heterocycles. The predicted molar refractivity (Wildman–Crippen MR) is 77.2 cm³/mol. The molecule has 2 rings (SSSR count). The van der Waals surface area contributed by atoms with Crippen molar-refractivity contribution in [2.75, 3.05) is 5.32 Å². The van der Waals surface area contributed by atoms with Gasteiger partial charge in [-0.3, -0.25) is 0 Å².